The highest BCUT2D eigenvalue weighted by Crippen LogP contribution is 2.33. The summed E-state index contributed by atoms with van der Waals surface area (Å²) in [5.41, 5.74) is -0.841. The fourth-order valence-electron chi connectivity index (χ4n) is 2.72. The second-order valence-corrected chi connectivity index (χ2v) is 5.08. The van der Waals surface area contributed by atoms with Crippen molar-refractivity contribution < 1.29 is 19.4 Å². The van der Waals surface area contributed by atoms with Crippen LogP contribution in [0.5, 0.6) is 11.5 Å². The van der Waals surface area contributed by atoms with Crippen LogP contribution in [0.2, 0.25) is 0 Å². The van der Waals surface area contributed by atoms with E-state index in [1.165, 1.54) is 0 Å². The maximum Gasteiger partial charge on any atom is 0.324 e. The zero-order chi connectivity index (χ0) is 14.6. The van der Waals surface area contributed by atoms with E-state index in [9.17, 15) is 9.90 Å². The lowest BCUT2D eigenvalue weighted by Gasteiger charge is -2.25. The highest BCUT2D eigenvalue weighted by Gasteiger charge is 2.45. The van der Waals surface area contributed by atoms with Crippen LogP contribution in [0.15, 0.2) is 24.3 Å². The van der Waals surface area contributed by atoms with Gasteiger partial charge in [-0.15, -0.1) is 0 Å². The summed E-state index contributed by atoms with van der Waals surface area (Å²) >= 11 is 0. The van der Waals surface area contributed by atoms with Crippen LogP contribution in [-0.2, 0) is 4.79 Å². The van der Waals surface area contributed by atoms with E-state index in [1.54, 1.807) is 7.11 Å². The number of carbonyl (C=O) groups is 1. The van der Waals surface area contributed by atoms with Crippen molar-refractivity contribution in [3.8, 4) is 11.5 Å². The summed E-state index contributed by atoms with van der Waals surface area (Å²) < 4.78 is 11.0. The Balaban J connectivity index is 1.99. The first-order valence-electron chi connectivity index (χ1n) is 6.89. The van der Waals surface area contributed by atoms with Gasteiger partial charge in [-0.1, -0.05) is 6.92 Å². The van der Waals surface area contributed by atoms with E-state index in [2.05, 4.69) is 5.32 Å². The molecule has 110 valence electrons. The molecule has 2 atom stereocenters. The van der Waals surface area contributed by atoms with Gasteiger partial charge in [0.05, 0.1) is 7.11 Å². The lowest BCUT2D eigenvalue weighted by molar-refractivity contribution is -0.144. The molecule has 0 bridgehead atoms. The predicted molar refractivity (Wildman–Crippen MR) is 75.3 cm³/mol. The fraction of sp³-hybridized carbons (Fsp3) is 0.533. The number of methoxy groups -OCH3 is 1. The molecule has 0 amide bonds. The van der Waals surface area contributed by atoms with Crippen LogP contribution in [-0.4, -0.2) is 36.4 Å². The fourth-order valence-corrected chi connectivity index (χ4v) is 2.72. The average Bonchev–Trinajstić information content (AvgIpc) is 2.84. The van der Waals surface area contributed by atoms with Gasteiger partial charge in [0.2, 0.25) is 0 Å². The Labute approximate surface area is 118 Å². The summed E-state index contributed by atoms with van der Waals surface area (Å²) in [5, 5.41) is 12.5. The number of benzene rings is 1. The Morgan fingerprint density at radius 1 is 1.40 bits per heavy atom. The molecule has 0 heterocycles. The molecule has 0 aliphatic heterocycles. The van der Waals surface area contributed by atoms with Crippen molar-refractivity contribution in [2.75, 3.05) is 13.7 Å². The van der Waals surface area contributed by atoms with Crippen molar-refractivity contribution in [1.29, 1.82) is 0 Å². The van der Waals surface area contributed by atoms with E-state index >= 15 is 0 Å². The molecule has 1 aliphatic carbocycles. The van der Waals surface area contributed by atoms with Gasteiger partial charge in [0.1, 0.15) is 23.1 Å². The molecule has 0 aromatic heterocycles. The molecule has 1 saturated carbocycles. The molecule has 0 saturated heterocycles. The van der Waals surface area contributed by atoms with E-state index in [4.69, 9.17) is 9.47 Å². The first-order valence-corrected chi connectivity index (χ1v) is 6.89. The van der Waals surface area contributed by atoms with Crippen LogP contribution < -0.4 is 14.8 Å². The molecule has 5 nitrogen and oxygen atoms in total. The minimum Gasteiger partial charge on any atom is -0.497 e. The van der Waals surface area contributed by atoms with Crippen molar-refractivity contribution >= 4 is 5.97 Å². The van der Waals surface area contributed by atoms with E-state index in [0.29, 0.717) is 19.4 Å². The number of nitrogens with one attached hydrogen (secondary N) is 1. The quantitative estimate of drug-likeness (QED) is 0.834. The molecule has 1 aromatic carbocycles. The molecule has 0 spiro atoms. The van der Waals surface area contributed by atoms with Gasteiger partial charge in [-0.2, -0.15) is 0 Å². The summed E-state index contributed by atoms with van der Waals surface area (Å²) in [6, 6.07) is 7.34. The second kappa shape index (κ2) is 6.13. The minimum absolute atomic E-state index is 0.0708. The zero-order valence-corrected chi connectivity index (χ0v) is 11.9. The van der Waals surface area contributed by atoms with Gasteiger partial charge >= 0.3 is 5.97 Å². The number of hydrogen-bond donors (Lipinski definition) is 2. The molecule has 0 radical (unpaired) electrons. The van der Waals surface area contributed by atoms with Crippen LogP contribution in [0.4, 0.5) is 0 Å². The van der Waals surface area contributed by atoms with Crippen LogP contribution in [0.1, 0.15) is 26.2 Å². The summed E-state index contributed by atoms with van der Waals surface area (Å²) in [7, 11) is 1.62. The van der Waals surface area contributed by atoms with Crippen LogP contribution in [0.3, 0.4) is 0 Å². The largest absolute Gasteiger partial charge is 0.497 e. The van der Waals surface area contributed by atoms with E-state index in [0.717, 1.165) is 17.9 Å². The zero-order valence-electron chi connectivity index (χ0n) is 11.9. The van der Waals surface area contributed by atoms with Gasteiger partial charge in [0.15, 0.2) is 0 Å². The molecule has 5 heteroatoms. The standard InChI is InChI=1S/C15H21NO4/c1-3-16-15(14(17)18)9-8-13(10-15)20-12-6-4-11(19-2)5-7-12/h4-7,13,16H,3,8-10H2,1-2H3,(H,17,18). The van der Waals surface area contributed by atoms with Crippen molar-refractivity contribution in [2.24, 2.45) is 0 Å². The Kier molecular flexibility index (Phi) is 4.49. The topological polar surface area (TPSA) is 67.8 Å². The number of rotatable bonds is 6. The smallest absolute Gasteiger partial charge is 0.324 e. The summed E-state index contributed by atoms with van der Waals surface area (Å²) in [5.74, 6) is 0.727. The number of carboxylic acid groups (broad SMARTS) is 1. The van der Waals surface area contributed by atoms with E-state index in [1.807, 2.05) is 31.2 Å². The van der Waals surface area contributed by atoms with Crippen molar-refractivity contribution in [1.82, 2.24) is 5.32 Å². The highest BCUT2D eigenvalue weighted by molar-refractivity contribution is 5.79. The third kappa shape index (κ3) is 3.04. The Morgan fingerprint density at radius 2 is 2.05 bits per heavy atom. The maximum atomic E-state index is 11.5. The van der Waals surface area contributed by atoms with Gasteiger partial charge in [-0.3, -0.25) is 4.79 Å². The summed E-state index contributed by atoms with van der Waals surface area (Å²) in [6.45, 7) is 2.56. The SMILES string of the molecule is CCNC1(C(=O)O)CCC(Oc2ccc(OC)cc2)C1. The monoisotopic (exact) mass is 279 g/mol. The molecule has 2 N–H and O–H groups in total. The third-order valence-electron chi connectivity index (χ3n) is 3.76. The van der Waals surface area contributed by atoms with Crippen molar-refractivity contribution in [3.05, 3.63) is 24.3 Å². The summed E-state index contributed by atoms with van der Waals surface area (Å²) in [4.78, 5) is 11.5. The number of ether oxygens (including phenoxy) is 2. The van der Waals surface area contributed by atoms with Crippen LogP contribution in [0, 0.1) is 0 Å². The van der Waals surface area contributed by atoms with Crippen LogP contribution >= 0.6 is 0 Å². The average molecular weight is 279 g/mol. The van der Waals surface area contributed by atoms with Gasteiger partial charge in [-0.05, 0) is 43.7 Å². The minimum atomic E-state index is -0.841. The number of likely N-dealkylation sites (N-methyl/N-ethyl adjacent to an activating group) is 1. The lowest BCUT2D eigenvalue weighted by atomic mass is 9.98. The van der Waals surface area contributed by atoms with Crippen molar-refractivity contribution in [2.45, 2.75) is 37.8 Å². The first kappa shape index (κ1) is 14.7. The summed E-state index contributed by atoms with van der Waals surface area (Å²) in [6.07, 6.45) is 1.75. The predicted octanol–water partition coefficient (Wildman–Crippen LogP) is 2.06. The molecule has 1 fully saturated rings. The second-order valence-electron chi connectivity index (χ2n) is 5.08. The Hall–Kier alpha value is -1.75. The van der Waals surface area contributed by atoms with Crippen molar-refractivity contribution in [3.63, 3.8) is 0 Å². The normalized spacial score (nSPS) is 25.4. The number of hydrogen-bond acceptors (Lipinski definition) is 4. The molecule has 1 aliphatic rings. The number of aliphatic carboxylic acids is 1. The molecule has 1 aromatic rings. The Morgan fingerprint density at radius 3 is 2.60 bits per heavy atom. The molecular formula is C15H21NO4. The Bertz CT molecular complexity index is 459. The molecule has 2 rings (SSSR count). The van der Waals surface area contributed by atoms with E-state index in [-0.39, 0.29) is 6.10 Å². The number of carboxylic acids is 1. The van der Waals surface area contributed by atoms with Gasteiger partial charge in [0.25, 0.3) is 0 Å². The van der Waals surface area contributed by atoms with Gasteiger partial charge < -0.3 is 19.9 Å². The maximum absolute atomic E-state index is 11.5. The molecule has 2 unspecified atom stereocenters. The molecule has 20 heavy (non-hydrogen) atoms. The third-order valence-corrected chi connectivity index (χ3v) is 3.76. The van der Waals surface area contributed by atoms with Gasteiger partial charge in [0, 0.05) is 6.42 Å². The van der Waals surface area contributed by atoms with Crippen LogP contribution in [0.25, 0.3) is 0 Å². The molecular weight excluding hydrogens is 258 g/mol. The lowest BCUT2D eigenvalue weighted by Crippen LogP contribution is -2.50. The highest BCUT2D eigenvalue weighted by atomic mass is 16.5. The van der Waals surface area contributed by atoms with E-state index < -0.39 is 11.5 Å². The first-order chi connectivity index (χ1) is 9.59. The van der Waals surface area contributed by atoms with Gasteiger partial charge in [-0.25, -0.2) is 0 Å².